The van der Waals surface area contributed by atoms with Crippen molar-refractivity contribution in [2.75, 3.05) is 26.3 Å². The summed E-state index contributed by atoms with van der Waals surface area (Å²) in [7, 11) is 0. The number of hydrogen-bond donors (Lipinski definition) is 0. The van der Waals surface area contributed by atoms with Gasteiger partial charge in [0.15, 0.2) is 4.77 Å². The molecule has 0 saturated carbocycles. The minimum absolute atomic E-state index is 0.716. The van der Waals surface area contributed by atoms with Crippen molar-refractivity contribution in [2.24, 2.45) is 0 Å². The Morgan fingerprint density at radius 2 is 2.18 bits per heavy atom. The summed E-state index contributed by atoms with van der Waals surface area (Å²) in [4.78, 5) is 2.30. The Labute approximate surface area is 106 Å². The van der Waals surface area contributed by atoms with Gasteiger partial charge in [-0.25, -0.2) is 4.68 Å². The highest BCUT2D eigenvalue weighted by atomic mass is 32.1. The normalized spacial score (nSPS) is 17.2. The lowest BCUT2D eigenvalue weighted by Gasteiger charge is -2.26. The molecular weight excluding hydrogens is 236 g/mol. The number of morpholine rings is 1. The molecule has 1 aromatic rings. The van der Waals surface area contributed by atoms with Gasteiger partial charge in [-0.2, -0.15) is 5.10 Å². The van der Waals surface area contributed by atoms with Crippen molar-refractivity contribution in [1.29, 1.82) is 0 Å². The fourth-order valence-electron chi connectivity index (χ4n) is 1.91. The Hall–Kier alpha value is -0.980. The van der Waals surface area contributed by atoms with Gasteiger partial charge in [0.2, 0.25) is 0 Å². The molecule has 94 valence electrons. The Balaban J connectivity index is 2.12. The van der Waals surface area contributed by atoms with Crippen molar-refractivity contribution in [2.45, 2.75) is 20.1 Å². The zero-order chi connectivity index (χ0) is 12.3. The highest BCUT2D eigenvalue weighted by Crippen LogP contribution is 2.04. The summed E-state index contributed by atoms with van der Waals surface area (Å²) in [5, 5.41) is 4.47. The maximum Gasteiger partial charge on any atom is 0.199 e. The molecule has 17 heavy (non-hydrogen) atoms. The smallest absolute Gasteiger partial charge is 0.199 e. The molecule has 0 radical (unpaired) electrons. The van der Waals surface area contributed by atoms with Crippen LogP contribution in [0.2, 0.25) is 0 Å². The SMILES string of the molecule is C=CCn1c(C)nn(CN2CCOCC2)c1=S. The van der Waals surface area contributed by atoms with E-state index in [0.29, 0.717) is 6.54 Å². The lowest BCUT2D eigenvalue weighted by atomic mass is 10.4. The zero-order valence-corrected chi connectivity index (χ0v) is 10.9. The van der Waals surface area contributed by atoms with Crippen molar-refractivity contribution in [3.63, 3.8) is 0 Å². The molecule has 1 aliphatic rings. The third-order valence-corrected chi connectivity index (χ3v) is 3.29. The van der Waals surface area contributed by atoms with E-state index in [0.717, 1.165) is 43.6 Å². The first-order valence-corrected chi connectivity index (χ1v) is 6.18. The van der Waals surface area contributed by atoms with E-state index in [9.17, 15) is 0 Å². The summed E-state index contributed by atoms with van der Waals surface area (Å²) in [6.07, 6.45) is 1.84. The van der Waals surface area contributed by atoms with Crippen LogP contribution in [-0.4, -0.2) is 45.6 Å². The van der Waals surface area contributed by atoms with Gasteiger partial charge in [-0.15, -0.1) is 6.58 Å². The number of aryl methyl sites for hydroxylation is 1. The topological polar surface area (TPSA) is 35.2 Å². The summed E-state index contributed by atoms with van der Waals surface area (Å²) in [5.41, 5.74) is 0. The number of ether oxygens (including phenoxy) is 1. The van der Waals surface area contributed by atoms with Crippen LogP contribution < -0.4 is 0 Å². The first-order chi connectivity index (χ1) is 8.22. The van der Waals surface area contributed by atoms with Crippen LogP contribution in [-0.2, 0) is 18.0 Å². The van der Waals surface area contributed by atoms with E-state index in [1.54, 1.807) is 0 Å². The van der Waals surface area contributed by atoms with Gasteiger partial charge in [0.05, 0.1) is 19.9 Å². The molecule has 2 rings (SSSR count). The molecule has 1 aromatic heterocycles. The number of nitrogens with zero attached hydrogens (tertiary/aromatic N) is 4. The number of rotatable bonds is 4. The van der Waals surface area contributed by atoms with Crippen LogP contribution in [0.1, 0.15) is 5.82 Å². The molecule has 0 unspecified atom stereocenters. The fraction of sp³-hybridized carbons (Fsp3) is 0.636. The van der Waals surface area contributed by atoms with E-state index in [4.69, 9.17) is 17.0 Å². The van der Waals surface area contributed by atoms with Gasteiger partial charge in [0.1, 0.15) is 5.82 Å². The monoisotopic (exact) mass is 254 g/mol. The van der Waals surface area contributed by atoms with Crippen LogP contribution in [0.5, 0.6) is 0 Å². The largest absolute Gasteiger partial charge is 0.379 e. The average molecular weight is 254 g/mol. The molecule has 0 bridgehead atoms. The van der Waals surface area contributed by atoms with Gasteiger partial charge in [0.25, 0.3) is 0 Å². The lowest BCUT2D eigenvalue weighted by Crippen LogP contribution is -2.37. The summed E-state index contributed by atoms with van der Waals surface area (Å²) in [6, 6.07) is 0. The summed E-state index contributed by atoms with van der Waals surface area (Å²) in [5.74, 6) is 0.933. The molecule has 0 aliphatic carbocycles. The maximum atomic E-state index is 5.40. The molecule has 5 nitrogen and oxygen atoms in total. The van der Waals surface area contributed by atoms with Crippen LogP contribution in [0, 0.1) is 11.7 Å². The molecule has 2 heterocycles. The third-order valence-electron chi connectivity index (χ3n) is 2.86. The van der Waals surface area contributed by atoms with Crippen LogP contribution in [0.15, 0.2) is 12.7 Å². The Kier molecular flexibility index (Phi) is 4.09. The predicted octanol–water partition coefficient (Wildman–Crippen LogP) is 1.20. The molecule has 1 aliphatic heterocycles. The van der Waals surface area contributed by atoms with Crippen LogP contribution >= 0.6 is 12.2 Å². The second-order valence-electron chi connectivity index (χ2n) is 4.10. The standard InChI is InChI=1S/C11H18N4OS/c1-3-4-14-10(2)12-15(11(14)17)9-13-5-7-16-8-6-13/h3H,1,4-9H2,2H3. The first kappa shape index (κ1) is 12.5. The molecule has 1 saturated heterocycles. The average Bonchev–Trinajstić information content (AvgIpc) is 2.59. The minimum Gasteiger partial charge on any atom is -0.379 e. The van der Waals surface area contributed by atoms with Crippen molar-refractivity contribution >= 4 is 12.2 Å². The molecule has 6 heteroatoms. The first-order valence-electron chi connectivity index (χ1n) is 5.77. The molecule has 0 amide bonds. The van der Waals surface area contributed by atoms with Gasteiger partial charge in [-0.05, 0) is 19.1 Å². The van der Waals surface area contributed by atoms with Crippen LogP contribution in [0.4, 0.5) is 0 Å². The van der Waals surface area contributed by atoms with E-state index < -0.39 is 0 Å². The third kappa shape index (κ3) is 2.83. The van der Waals surface area contributed by atoms with Crippen LogP contribution in [0.25, 0.3) is 0 Å². The molecule has 0 N–H and O–H groups in total. The number of hydrogen-bond acceptors (Lipinski definition) is 4. The van der Waals surface area contributed by atoms with E-state index >= 15 is 0 Å². The second-order valence-corrected chi connectivity index (χ2v) is 4.47. The lowest BCUT2D eigenvalue weighted by molar-refractivity contribution is 0.0209. The van der Waals surface area contributed by atoms with Crippen molar-refractivity contribution < 1.29 is 4.74 Å². The molecule has 0 atom stereocenters. The zero-order valence-electron chi connectivity index (χ0n) is 10.1. The van der Waals surface area contributed by atoms with Gasteiger partial charge in [0, 0.05) is 19.6 Å². The van der Waals surface area contributed by atoms with E-state index in [1.165, 1.54) is 0 Å². The van der Waals surface area contributed by atoms with Gasteiger partial charge >= 0.3 is 0 Å². The number of aromatic nitrogens is 3. The molecule has 1 fully saturated rings. The summed E-state index contributed by atoms with van der Waals surface area (Å²) < 4.78 is 9.94. The van der Waals surface area contributed by atoms with Crippen molar-refractivity contribution in [1.82, 2.24) is 19.2 Å². The summed E-state index contributed by atoms with van der Waals surface area (Å²) >= 11 is 5.40. The number of allylic oxidation sites excluding steroid dienone is 1. The van der Waals surface area contributed by atoms with Gasteiger partial charge in [-0.1, -0.05) is 6.08 Å². The van der Waals surface area contributed by atoms with Crippen molar-refractivity contribution in [3.8, 4) is 0 Å². The van der Waals surface area contributed by atoms with Crippen molar-refractivity contribution in [3.05, 3.63) is 23.3 Å². The van der Waals surface area contributed by atoms with E-state index in [1.807, 2.05) is 22.2 Å². The van der Waals surface area contributed by atoms with E-state index in [-0.39, 0.29) is 0 Å². The highest BCUT2D eigenvalue weighted by Gasteiger charge is 2.13. The Bertz CT molecular complexity index is 445. The maximum absolute atomic E-state index is 5.40. The molecule has 0 spiro atoms. The molecule has 0 aromatic carbocycles. The highest BCUT2D eigenvalue weighted by molar-refractivity contribution is 7.71. The fourth-order valence-corrected chi connectivity index (χ4v) is 2.22. The second kappa shape index (κ2) is 5.57. The van der Waals surface area contributed by atoms with Gasteiger partial charge in [-0.3, -0.25) is 4.90 Å². The quantitative estimate of drug-likeness (QED) is 0.597. The van der Waals surface area contributed by atoms with E-state index in [2.05, 4.69) is 16.6 Å². The van der Waals surface area contributed by atoms with Gasteiger partial charge < -0.3 is 9.30 Å². The molecular formula is C11H18N4OS. The minimum atomic E-state index is 0.716. The Morgan fingerprint density at radius 3 is 2.82 bits per heavy atom. The van der Waals surface area contributed by atoms with Crippen LogP contribution in [0.3, 0.4) is 0 Å². The predicted molar refractivity (Wildman–Crippen MR) is 68.4 cm³/mol. The summed E-state index contributed by atoms with van der Waals surface area (Å²) in [6.45, 7) is 10.6. The Morgan fingerprint density at radius 1 is 1.47 bits per heavy atom.